The molecular formula is C24H26N2O3S. The molecule has 1 amide bonds. The third kappa shape index (κ3) is 5.70. The number of rotatable bonds is 8. The highest BCUT2D eigenvalue weighted by atomic mass is 32.2. The maximum Gasteiger partial charge on any atom is 0.261 e. The minimum atomic E-state index is -3.72. The maximum atomic E-state index is 12.7. The lowest BCUT2D eigenvalue weighted by molar-refractivity contribution is 0.0938. The minimum Gasteiger partial charge on any atom is -0.350 e. The van der Waals surface area contributed by atoms with Gasteiger partial charge in [0.1, 0.15) is 0 Å². The van der Waals surface area contributed by atoms with Crippen molar-refractivity contribution in [3.05, 3.63) is 95.6 Å². The molecule has 3 aromatic rings. The van der Waals surface area contributed by atoms with Crippen molar-refractivity contribution in [1.82, 2.24) is 5.32 Å². The number of carbonyl (C=O) groups excluding carboxylic acids is 1. The number of sulfonamides is 1. The Bertz CT molecular complexity index is 1100. The van der Waals surface area contributed by atoms with Gasteiger partial charge in [0, 0.05) is 11.6 Å². The van der Waals surface area contributed by atoms with E-state index in [1.807, 2.05) is 25.1 Å². The van der Waals surface area contributed by atoms with Crippen LogP contribution in [0.2, 0.25) is 0 Å². The van der Waals surface area contributed by atoms with Crippen LogP contribution in [-0.2, 0) is 16.4 Å². The van der Waals surface area contributed by atoms with E-state index in [-0.39, 0.29) is 16.8 Å². The molecule has 0 aliphatic carbocycles. The highest BCUT2D eigenvalue weighted by Crippen LogP contribution is 2.21. The molecule has 0 bridgehead atoms. The van der Waals surface area contributed by atoms with E-state index in [0.29, 0.717) is 11.3 Å². The molecule has 0 heterocycles. The van der Waals surface area contributed by atoms with Crippen LogP contribution in [0.1, 0.15) is 34.8 Å². The van der Waals surface area contributed by atoms with Gasteiger partial charge in [-0.05, 0) is 62.1 Å². The van der Waals surface area contributed by atoms with Crippen LogP contribution >= 0.6 is 0 Å². The third-order valence-corrected chi connectivity index (χ3v) is 6.27. The van der Waals surface area contributed by atoms with Gasteiger partial charge in [0.05, 0.1) is 10.6 Å². The fraction of sp³-hybridized carbons (Fsp3) is 0.208. The molecule has 0 saturated heterocycles. The molecular weight excluding hydrogens is 396 g/mol. The Kier molecular flexibility index (Phi) is 6.90. The van der Waals surface area contributed by atoms with Crippen molar-refractivity contribution in [1.29, 1.82) is 0 Å². The zero-order valence-corrected chi connectivity index (χ0v) is 17.9. The van der Waals surface area contributed by atoms with E-state index in [1.54, 1.807) is 43.3 Å². The summed E-state index contributed by atoms with van der Waals surface area (Å²) < 4.78 is 27.8. The number of aryl methyl sites for hydroxylation is 2. The van der Waals surface area contributed by atoms with Gasteiger partial charge >= 0.3 is 0 Å². The Balaban J connectivity index is 1.67. The van der Waals surface area contributed by atoms with Gasteiger partial charge in [-0.1, -0.05) is 54.6 Å². The third-order valence-electron chi connectivity index (χ3n) is 4.88. The van der Waals surface area contributed by atoms with Gasteiger partial charge in [-0.3, -0.25) is 9.52 Å². The molecule has 0 unspecified atom stereocenters. The molecule has 0 saturated carbocycles. The summed E-state index contributed by atoms with van der Waals surface area (Å²) in [5.74, 6) is -0.226. The second kappa shape index (κ2) is 9.59. The van der Waals surface area contributed by atoms with Crippen LogP contribution in [0.3, 0.4) is 0 Å². The lowest BCUT2D eigenvalue weighted by Crippen LogP contribution is -2.33. The molecule has 0 aliphatic rings. The molecule has 5 nitrogen and oxygen atoms in total. The van der Waals surface area contributed by atoms with E-state index >= 15 is 0 Å². The summed E-state index contributed by atoms with van der Waals surface area (Å²) in [6.07, 6.45) is 1.69. The second-order valence-corrected chi connectivity index (χ2v) is 9.03. The van der Waals surface area contributed by atoms with Gasteiger partial charge < -0.3 is 5.32 Å². The maximum absolute atomic E-state index is 12.7. The first kappa shape index (κ1) is 21.6. The normalized spacial score (nSPS) is 12.2. The zero-order chi connectivity index (χ0) is 21.6. The predicted molar refractivity (Wildman–Crippen MR) is 120 cm³/mol. The summed E-state index contributed by atoms with van der Waals surface area (Å²) in [7, 11) is -3.72. The van der Waals surface area contributed by atoms with Crippen LogP contribution in [0, 0.1) is 6.92 Å². The van der Waals surface area contributed by atoms with Gasteiger partial charge in [0.25, 0.3) is 15.9 Å². The number of anilines is 1. The Hall–Kier alpha value is -3.12. The predicted octanol–water partition coefficient (Wildman–Crippen LogP) is 4.55. The highest BCUT2D eigenvalue weighted by Gasteiger charge is 2.17. The number of carbonyl (C=O) groups is 1. The molecule has 0 aromatic heterocycles. The van der Waals surface area contributed by atoms with Crippen molar-refractivity contribution < 1.29 is 13.2 Å². The van der Waals surface area contributed by atoms with Gasteiger partial charge in [-0.2, -0.15) is 0 Å². The number of hydrogen-bond donors (Lipinski definition) is 2. The van der Waals surface area contributed by atoms with E-state index in [1.165, 1.54) is 17.7 Å². The number of hydrogen-bond acceptors (Lipinski definition) is 3. The Morgan fingerprint density at radius 1 is 0.933 bits per heavy atom. The summed E-state index contributed by atoms with van der Waals surface area (Å²) in [6.45, 7) is 3.76. The van der Waals surface area contributed by atoms with Crippen LogP contribution in [0.4, 0.5) is 5.69 Å². The van der Waals surface area contributed by atoms with Crippen molar-refractivity contribution in [3.63, 3.8) is 0 Å². The molecule has 0 spiro atoms. The number of benzene rings is 3. The zero-order valence-electron chi connectivity index (χ0n) is 17.1. The molecule has 3 aromatic carbocycles. The molecule has 30 heavy (non-hydrogen) atoms. The summed E-state index contributed by atoms with van der Waals surface area (Å²) in [6, 6.07) is 23.3. The SMILES string of the molecule is Cc1ccc(C(=O)N[C@@H](C)CCc2ccccc2)cc1NS(=O)(=O)c1ccccc1. The summed E-state index contributed by atoms with van der Waals surface area (Å²) >= 11 is 0. The van der Waals surface area contributed by atoms with Gasteiger partial charge in [0.2, 0.25) is 0 Å². The van der Waals surface area contributed by atoms with E-state index in [0.717, 1.165) is 18.4 Å². The van der Waals surface area contributed by atoms with Crippen molar-refractivity contribution in [3.8, 4) is 0 Å². The summed E-state index contributed by atoms with van der Waals surface area (Å²) in [5, 5.41) is 2.99. The van der Waals surface area contributed by atoms with E-state index in [2.05, 4.69) is 22.2 Å². The first-order chi connectivity index (χ1) is 14.3. The largest absolute Gasteiger partial charge is 0.350 e. The molecule has 0 fully saturated rings. The molecule has 0 radical (unpaired) electrons. The smallest absolute Gasteiger partial charge is 0.261 e. The topological polar surface area (TPSA) is 75.3 Å². The minimum absolute atomic E-state index is 0.0107. The van der Waals surface area contributed by atoms with Crippen LogP contribution < -0.4 is 10.0 Å². The first-order valence-electron chi connectivity index (χ1n) is 9.88. The Labute approximate surface area is 178 Å². The first-order valence-corrected chi connectivity index (χ1v) is 11.4. The Morgan fingerprint density at radius 2 is 1.57 bits per heavy atom. The van der Waals surface area contributed by atoms with Crippen molar-refractivity contribution >= 4 is 21.6 Å². The number of nitrogens with one attached hydrogen (secondary N) is 2. The second-order valence-electron chi connectivity index (χ2n) is 7.35. The average Bonchev–Trinajstić information content (AvgIpc) is 2.75. The summed E-state index contributed by atoms with van der Waals surface area (Å²) in [5.41, 5.74) is 2.77. The molecule has 6 heteroatoms. The lowest BCUT2D eigenvalue weighted by Gasteiger charge is -2.16. The average molecular weight is 423 g/mol. The molecule has 3 rings (SSSR count). The molecule has 156 valence electrons. The molecule has 1 atom stereocenters. The standard InChI is InChI=1S/C24H26N2O3S/c1-18-13-16-21(17-23(18)26-30(28,29)22-11-7-4-8-12-22)24(27)25-19(2)14-15-20-9-5-3-6-10-20/h3-13,16-17,19,26H,14-15H2,1-2H3,(H,25,27)/t19-/m0/s1. The van der Waals surface area contributed by atoms with E-state index in [4.69, 9.17) is 0 Å². The van der Waals surface area contributed by atoms with Crippen molar-refractivity contribution in [2.75, 3.05) is 4.72 Å². The monoisotopic (exact) mass is 422 g/mol. The van der Waals surface area contributed by atoms with Gasteiger partial charge in [-0.15, -0.1) is 0 Å². The van der Waals surface area contributed by atoms with E-state index in [9.17, 15) is 13.2 Å². The molecule has 2 N–H and O–H groups in total. The highest BCUT2D eigenvalue weighted by molar-refractivity contribution is 7.92. The van der Waals surface area contributed by atoms with Crippen LogP contribution in [0.15, 0.2) is 83.8 Å². The quantitative estimate of drug-likeness (QED) is 0.559. The van der Waals surface area contributed by atoms with Gasteiger partial charge in [-0.25, -0.2) is 8.42 Å². The van der Waals surface area contributed by atoms with E-state index < -0.39 is 10.0 Å². The van der Waals surface area contributed by atoms with Crippen molar-refractivity contribution in [2.45, 2.75) is 37.6 Å². The summed E-state index contributed by atoms with van der Waals surface area (Å²) in [4.78, 5) is 12.9. The lowest BCUT2D eigenvalue weighted by atomic mass is 10.1. The van der Waals surface area contributed by atoms with Crippen LogP contribution in [0.25, 0.3) is 0 Å². The fourth-order valence-corrected chi connectivity index (χ4v) is 4.23. The van der Waals surface area contributed by atoms with Crippen LogP contribution in [0.5, 0.6) is 0 Å². The van der Waals surface area contributed by atoms with Gasteiger partial charge in [0.15, 0.2) is 0 Å². The fourth-order valence-electron chi connectivity index (χ4n) is 3.08. The van der Waals surface area contributed by atoms with Crippen LogP contribution in [-0.4, -0.2) is 20.4 Å². The van der Waals surface area contributed by atoms with Crippen molar-refractivity contribution in [2.24, 2.45) is 0 Å². The molecule has 0 aliphatic heterocycles. The Morgan fingerprint density at radius 3 is 2.23 bits per heavy atom. The number of amides is 1.